The molecule has 0 aliphatic carbocycles. The van der Waals surface area contributed by atoms with Crippen molar-refractivity contribution < 1.29 is 134 Å². The fourth-order valence-electron chi connectivity index (χ4n) is 16.4. The number of carbonyl (C=O) groups excluding carboxylic acids is 8. The average Bonchev–Trinajstić information content (AvgIpc) is 1.57. The number of nitrogens with zero attached hydrogens (tertiary/aromatic N) is 8. The third-order valence-corrected chi connectivity index (χ3v) is 24.3. The van der Waals surface area contributed by atoms with Crippen molar-refractivity contribution in [1.82, 2.24) is 39.9 Å². The number of ether oxygens (including phenoxy) is 16. The normalized spacial score (nSPS) is 11.3. The monoisotopic (exact) mass is 2070 g/mol. The number of benzene rings is 4. The first-order valence-electron chi connectivity index (χ1n) is 54.2. The molecule has 7 aromatic rings. The van der Waals surface area contributed by atoms with Crippen LogP contribution in [0.3, 0.4) is 0 Å². The molecule has 0 saturated heterocycles. The topological polar surface area (TPSA) is 390 Å². The molecule has 0 fully saturated rings. The van der Waals surface area contributed by atoms with E-state index in [-0.39, 0.29) is 411 Å². The number of hydrogen-bond acceptors (Lipinski definition) is 30. The zero-order chi connectivity index (χ0) is 102. The zero-order valence-electron chi connectivity index (χ0n) is 88.0. The number of hydrogen-bond donors (Lipinski definition) is 0. The van der Waals surface area contributed by atoms with Crippen LogP contribution in [0, 0.1) is 0 Å². The van der Waals surface area contributed by atoms with E-state index >= 15 is 0 Å². The largest absolute Gasteiger partial charge is 2.00 e. The van der Waals surface area contributed by atoms with Crippen LogP contribution in [0.4, 0.5) is 0 Å². The molecule has 9 rings (SSSR count). The van der Waals surface area contributed by atoms with E-state index in [1.54, 1.807) is 48.5 Å². The van der Waals surface area contributed by atoms with Crippen LogP contribution in [-0.4, -0.2) is 183 Å². The van der Waals surface area contributed by atoms with Crippen LogP contribution in [-0.2, 0) is 95.7 Å². The number of rotatable bonds is 80. The molecule has 0 atom stereocenters. The molecule has 0 amide bonds. The van der Waals surface area contributed by atoms with Gasteiger partial charge in [0.25, 0.3) is 0 Å². The predicted molar refractivity (Wildman–Crippen MR) is 553 cm³/mol. The minimum Gasteiger partial charge on any atom is -0.493 e. The van der Waals surface area contributed by atoms with Crippen molar-refractivity contribution in [3.8, 4) is 91.5 Å². The molecule has 8 bridgehead atoms. The number of unbranched alkanes of at least 4 members (excludes halogenated alkanes) is 24. The Morgan fingerprint density at radius 2 is 0.331 bits per heavy atom. The first kappa shape index (κ1) is 119. The van der Waals surface area contributed by atoms with Gasteiger partial charge in [0.05, 0.1) is 151 Å². The van der Waals surface area contributed by atoms with E-state index in [0.717, 1.165) is 205 Å². The molecule has 0 unspecified atom stereocenters. The van der Waals surface area contributed by atoms with Gasteiger partial charge in [-0.05, 0) is 151 Å². The van der Waals surface area contributed by atoms with Gasteiger partial charge in [-0.2, -0.15) is 0 Å². The smallest absolute Gasteiger partial charge is 0.493 e. The minimum atomic E-state index is -0.383. The van der Waals surface area contributed by atoms with Crippen molar-refractivity contribution in [3.05, 3.63) is 48.5 Å². The van der Waals surface area contributed by atoms with Gasteiger partial charge in [-0.25, -0.2) is 9.97 Å². The molecule has 0 saturated carbocycles. The van der Waals surface area contributed by atoms with Crippen LogP contribution in [0.5, 0.6) is 46.0 Å². The van der Waals surface area contributed by atoms with E-state index in [9.17, 15) is 38.4 Å². The van der Waals surface area contributed by atoms with Crippen molar-refractivity contribution in [2.45, 2.75) is 364 Å². The molecule has 3 aromatic heterocycles. The van der Waals surface area contributed by atoms with Gasteiger partial charge in [-0.3, -0.25) is 38.4 Å². The molecular formula is C112H160N8O24Zn. The van der Waals surface area contributed by atoms with Gasteiger partial charge >= 0.3 is 67.2 Å². The summed E-state index contributed by atoms with van der Waals surface area (Å²) in [5, 5.41) is 0.983. The predicted octanol–water partition coefficient (Wildman–Crippen LogP) is 24.4. The van der Waals surface area contributed by atoms with Crippen molar-refractivity contribution in [3.63, 3.8) is 0 Å². The van der Waals surface area contributed by atoms with E-state index in [1.165, 1.54) is 0 Å². The second-order valence-electron chi connectivity index (χ2n) is 36.6. The van der Waals surface area contributed by atoms with E-state index in [4.69, 9.17) is 116 Å². The Morgan fingerprint density at radius 1 is 0.186 bits per heavy atom. The van der Waals surface area contributed by atoms with Gasteiger partial charge in [-0.15, -0.1) is 0 Å². The maximum Gasteiger partial charge on any atom is 2.00 e. The van der Waals surface area contributed by atoms with Crippen molar-refractivity contribution in [2.75, 3.05) is 106 Å². The van der Waals surface area contributed by atoms with E-state index in [2.05, 4.69) is 55.4 Å². The molecule has 2 aliphatic rings. The molecule has 0 spiro atoms. The van der Waals surface area contributed by atoms with E-state index in [0.29, 0.717) is 0 Å². The summed E-state index contributed by atoms with van der Waals surface area (Å²) in [7, 11) is 0. The van der Waals surface area contributed by atoms with Crippen molar-refractivity contribution in [1.29, 1.82) is 0 Å². The summed E-state index contributed by atoms with van der Waals surface area (Å²) in [5.74, 6) is -1.45. The van der Waals surface area contributed by atoms with Crippen LogP contribution in [0.2, 0.25) is 0 Å². The standard InChI is InChI=1S/C112H160N8O24.Zn/c1-9-17-25-33-65-137-89(121)49-41-73-129-81-57-58-82(130-74-42-50-90(122)138-66-34-26-18-10-2)98-97(81)105-113-106(98)118-108-101-85(133-77-45-53-93(125)141-69-37-29-21-13-5)61-62-86(134-78-46-54-94(126)142-70-38-30-22-14-6)102(101)110(115-108)120-112-104-88(136-80-48-56-96(128)144-72-40-32-24-16-8)64-63-87(135-79-47-55-95(127)143-71-39-31-23-15-7)103(104)111(116-112)119-109-100-84(132-76-44-52-92(124)140-68-36-28-20-12-4)60-59-83(99(100)107(114-109)117-105)131-75-43-51-91(123)139-67-35-27-19-11-3;/h57-64H,9-56,65-80H2,1-8H3;/q-2;+2. The third kappa shape index (κ3) is 42.1. The number of esters is 8. The van der Waals surface area contributed by atoms with Crippen LogP contribution < -0.4 is 47.9 Å². The van der Waals surface area contributed by atoms with Gasteiger partial charge in [0, 0.05) is 95.5 Å². The first-order valence-corrected chi connectivity index (χ1v) is 54.2. The Morgan fingerprint density at radius 3 is 0.483 bits per heavy atom. The van der Waals surface area contributed by atoms with Gasteiger partial charge < -0.3 is 106 Å². The summed E-state index contributed by atoms with van der Waals surface area (Å²) in [5.41, 5.74) is 0.826. The summed E-state index contributed by atoms with van der Waals surface area (Å²) < 4.78 is 101. The molecule has 145 heavy (non-hydrogen) atoms. The number of carbonyl (C=O) groups is 8. The molecule has 2 aliphatic heterocycles. The molecule has 0 radical (unpaired) electrons. The Kier molecular flexibility index (Phi) is 58.2. The number of fused-ring (bicyclic) bond motifs is 20. The Bertz CT molecular complexity index is 4630. The van der Waals surface area contributed by atoms with Crippen molar-refractivity contribution >= 4 is 91.9 Å². The SMILES string of the molecule is CCCCCCOC(=O)CCCOc1ccc(OCCCC(=O)OCCCCCC)c2c1-c1nc-2nc2[n-]c(nc3nc(nc4[n-]c(n1)c1c(OCCCC(=O)OCCCCCC)ccc(OCCCC(=O)OCCCCCC)c41)-c1c(OCCCC(=O)OCCCCCC)ccc(OCCCC(=O)OCCCCCC)c1-3)c1c(OCCCC(=O)OCCCCCC)ccc(OCCCC(=O)OCCCCCC)c21.[Zn+2]. The summed E-state index contributed by atoms with van der Waals surface area (Å²) in [6.07, 6.45) is 31.6. The number of aromatic nitrogens is 8. The second-order valence-corrected chi connectivity index (χ2v) is 36.6. The molecule has 794 valence electrons. The fraction of sp³-hybridized carbons (Fsp3) is 0.643. The molecule has 4 aromatic carbocycles. The van der Waals surface area contributed by atoms with Gasteiger partial charge in [0.15, 0.2) is 0 Å². The quantitative estimate of drug-likeness (QED) is 0.0148. The van der Waals surface area contributed by atoms with Gasteiger partial charge in [0.2, 0.25) is 0 Å². The Balaban J connectivity index is 0.0000257. The molecular weight excluding hydrogens is 1910 g/mol. The van der Waals surface area contributed by atoms with E-state index in [1.807, 2.05) is 0 Å². The van der Waals surface area contributed by atoms with Crippen LogP contribution in [0.25, 0.3) is 89.7 Å². The third-order valence-electron chi connectivity index (χ3n) is 24.3. The van der Waals surface area contributed by atoms with Gasteiger partial charge in [-0.1, -0.05) is 209 Å². The van der Waals surface area contributed by atoms with Crippen LogP contribution in [0.15, 0.2) is 48.5 Å². The molecule has 5 heterocycles. The zero-order valence-corrected chi connectivity index (χ0v) is 90.9. The van der Waals surface area contributed by atoms with Crippen molar-refractivity contribution in [2.24, 2.45) is 0 Å². The maximum atomic E-state index is 13.5. The molecule has 0 N–H and O–H groups in total. The maximum absolute atomic E-state index is 13.5. The second kappa shape index (κ2) is 70.8. The first-order chi connectivity index (χ1) is 70.5. The summed E-state index contributed by atoms with van der Waals surface area (Å²) in [6.45, 7) is 19.1. The van der Waals surface area contributed by atoms with Crippen LogP contribution >= 0.6 is 0 Å². The minimum absolute atomic E-state index is 0. The van der Waals surface area contributed by atoms with E-state index < -0.39 is 0 Å². The van der Waals surface area contributed by atoms with Gasteiger partial charge in [0.1, 0.15) is 46.0 Å². The van der Waals surface area contributed by atoms with Crippen LogP contribution in [0.1, 0.15) is 364 Å². The Labute approximate surface area is 869 Å². The summed E-state index contributed by atoms with van der Waals surface area (Å²) >= 11 is 0. The summed E-state index contributed by atoms with van der Waals surface area (Å²) in [4.78, 5) is 152. The Hall–Kier alpha value is -11.0. The molecule has 32 nitrogen and oxygen atoms in total. The molecule has 33 heteroatoms. The fourth-order valence-corrected chi connectivity index (χ4v) is 16.4. The summed E-state index contributed by atoms with van der Waals surface area (Å²) in [6, 6.07) is 13.7. The average molecular weight is 2070 g/mol.